The molecule has 2 atom stereocenters. The third-order valence-electron chi connectivity index (χ3n) is 3.80. The van der Waals surface area contributed by atoms with Crippen LogP contribution in [0.25, 0.3) is 0 Å². The zero-order chi connectivity index (χ0) is 11.8. The van der Waals surface area contributed by atoms with Gasteiger partial charge in [0.25, 0.3) is 0 Å². The molecule has 0 aromatic carbocycles. The van der Waals surface area contributed by atoms with Crippen molar-refractivity contribution in [2.45, 2.75) is 58.3 Å². The first kappa shape index (κ1) is 12.3. The van der Waals surface area contributed by atoms with E-state index in [2.05, 4.69) is 37.9 Å². The number of hydrogen-bond acceptors (Lipinski definition) is 3. The minimum atomic E-state index is 0.158. The Kier molecular flexibility index (Phi) is 3.57. The van der Waals surface area contributed by atoms with Crippen molar-refractivity contribution in [3.05, 3.63) is 0 Å². The van der Waals surface area contributed by atoms with Gasteiger partial charge in [0.15, 0.2) is 0 Å². The summed E-state index contributed by atoms with van der Waals surface area (Å²) in [6.45, 7) is 12.3. The molecule has 0 radical (unpaired) electrons. The van der Waals surface area contributed by atoms with Crippen molar-refractivity contribution in [2.75, 3.05) is 19.7 Å². The Morgan fingerprint density at radius 2 is 2.12 bits per heavy atom. The smallest absolute Gasteiger partial charge is 0.112 e. The van der Waals surface area contributed by atoms with Crippen molar-refractivity contribution in [3.8, 4) is 0 Å². The monoisotopic (exact) mass is 226 g/mol. The van der Waals surface area contributed by atoms with E-state index in [-0.39, 0.29) is 11.8 Å². The zero-order valence-corrected chi connectivity index (χ0v) is 11.1. The largest absolute Gasteiger partial charge is 0.361 e. The van der Waals surface area contributed by atoms with E-state index < -0.39 is 0 Å². The predicted molar refractivity (Wildman–Crippen MR) is 66.4 cm³/mol. The number of nitrogens with one attached hydrogen (secondary N) is 1. The fourth-order valence-corrected chi connectivity index (χ4v) is 2.78. The van der Waals surface area contributed by atoms with E-state index >= 15 is 0 Å². The molecule has 0 aliphatic carbocycles. The molecule has 0 spiro atoms. The average Bonchev–Trinajstić information content (AvgIpc) is 2.59. The molecule has 3 nitrogen and oxygen atoms in total. The molecule has 2 aliphatic heterocycles. The van der Waals surface area contributed by atoms with E-state index in [0.717, 1.165) is 6.61 Å². The van der Waals surface area contributed by atoms with Gasteiger partial charge in [-0.15, -0.1) is 0 Å². The Labute approximate surface area is 99.5 Å². The van der Waals surface area contributed by atoms with Crippen molar-refractivity contribution >= 4 is 0 Å². The molecule has 2 aliphatic rings. The second-order valence-electron chi connectivity index (χ2n) is 6.25. The summed E-state index contributed by atoms with van der Waals surface area (Å²) in [6.07, 6.45) is 2.89. The minimum Gasteiger partial charge on any atom is -0.361 e. The molecule has 0 aromatic heterocycles. The average molecular weight is 226 g/mol. The molecule has 0 bridgehead atoms. The second-order valence-corrected chi connectivity index (χ2v) is 6.25. The zero-order valence-electron chi connectivity index (χ0n) is 11.1. The third kappa shape index (κ3) is 2.76. The quantitative estimate of drug-likeness (QED) is 0.777. The molecular weight excluding hydrogens is 200 g/mol. The molecule has 2 saturated heterocycles. The van der Waals surface area contributed by atoms with Crippen LogP contribution in [0.3, 0.4) is 0 Å². The van der Waals surface area contributed by atoms with Gasteiger partial charge in [-0.25, -0.2) is 0 Å². The van der Waals surface area contributed by atoms with E-state index in [1.165, 1.54) is 25.9 Å². The van der Waals surface area contributed by atoms with Crippen LogP contribution in [0.1, 0.15) is 40.5 Å². The van der Waals surface area contributed by atoms with Crippen LogP contribution in [0.2, 0.25) is 0 Å². The van der Waals surface area contributed by atoms with Gasteiger partial charge in [-0.2, -0.15) is 0 Å². The molecule has 2 rings (SSSR count). The van der Waals surface area contributed by atoms with Gasteiger partial charge in [0.2, 0.25) is 0 Å². The van der Waals surface area contributed by atoms with Crippen LogP contribution < -0.4 is 5.32 Å². The van der Waals surface area contributed by atoms with Crippen molar-refractivity contribution in [1.29, 1.82) is 0 Å². The van der Waals surface area contributed by atoms with Gasteiger partial charge in [-0.1, -0.05) is 0 Å². The maximum absolute atomic E-state index is 5.90. The van der Waals surface area contributed by atoms with Gasteiger partial charge in [0.05, 0.1) is 6.61 Å². The number of ether oxygens (including phenoxy) is 1. The maximum Gasteiger partial charge on any atom is 0.112 e. The molecule has 1 N–H and O–H groups in total. The normalized spacial score (nSPS) is 35.8. The predicted octanol–water partition coefficient (Wildman–Crippen LogP) is 1.83. The highest BCUT2D eigenvalue weighted by Gasteiger charge is 2.37. The molecule has 94 valence electrons. The lowest BCUT2D eigenvalue weighted by atomic mass is 9.95. The van der Waals surface area contributed by atoms with Crippen LogP contribution >= 0.6 is 0 Å². The first-order valence-corrected chi connectivity index (χ1v) is 6.61. The molecule has 16 heavy (non-hydrogen) atoms. The Balaban J connectivity index is 1.90. The van der Waals surface area contributed by atoms with Crippen LogP contribution in [0.4, 0.5) is 0 Å². The number of hydrogen-bond donors (Lipinski definition) is 1. The van der Waals surface area contributed by atoms with E-state index in [9.17, 15) is 0 Å². The molecule has 2 fully saturated rings. The van der Waals surface area contributed by atoms with Gasteiger partial charge in [0, 0.05) is 24.0 Å². The highest BCUT2D eigenvalue weighted by molar-refractivity contribution is 4.90. The van der Waals surface area contributed by atoms with Gasteiger partial charge >= 0.3 is 0 Å². The highest BCUT2D eigenvalue weighted by atomic mass is 16.5. The Bertz CT molecular complexity index is 240. The Hall–Kier alpha value is -0.120. The summed E-state index contributed by atoms with van der Waals surface area (Å²) in [7, 11) is 0. The van der Waals surface area contributed by atoms with Crippen molar-refractivity contribution in [1.82, 2.24) is 10.2 Å². The summed E-state index contributed by atoms with van der Waals surface area (Å²) >= 11 is 0. The summed E-state index contributed by atoms with van der Waals surface area (Å²) in [4.78, 5) is 2.57. The number of likely N-dealkylation sites (tertiary alicyclic amines) is 1. The summed E-state index contributed by atoms with van der Waals surface area (Å²) in [6, 6.07) is 0.664. The maximum atomic E-state index is 5.90. The molecule has 0 amide bonds. The topological polar surface area (TPSA) is 24.5 Å². The lowest BCUT2D eigenvalue weighted by Gasteiger charge is -2.37. The third-order valence-corrected chi connectivity index (χ3v) is 3.80. The van der Waals surface area contributed by atoms with Crippen molar-refractivity contribution in [3.63, 3.8) is 0 Å². The van der Waals surface area contributed by atoms with Gasteiger partial charge < -0.3 is 9.64 Å². The van der Waals surface area contributed by atoms with E-state index in [1.807, 2.05) is 0 Å². The fraction of sp³-hybridized carbons (Fsp3) is 1.00. The molecular formula is C13H26N2O. The van der Waals surface area contributed by atoms with E-state index in [4.69, 9.17) is 4.74 Å². The molecule has 2 heterocycles. The summed E-state index contributed by atoms with van der Waals surface area (Å²) in [5.41, 5.74) is 0.158. The first-order chi connectivity index (χ1) is 7.48. The first-order valence-electron chi connectivity index (χ1n) is 6.61. The van der Waals surface area contributed by atoms with Crippen LogP contribution in [0.15, 0.2) is 0 Å². The molecule has 0 saturated carbocycles. The van der Waals surface area contributed by atoms with Crippen molar-refractivity contribution < 1.29 is 4.74 Å². The summed E-state index contributed by atoms with van der Waals surface area (Å²) < 4.78 is 5.90. The Morgan fingerprint density at radius 3 is 2.69 bits per heavy atom. The van der Waals surface area contributed by atoms with Gasteiger partial charge in [-0.3, -0.25) is 5.32 Å². The van der Waals surface area contributed by atoms with Crippen LogP contribution in [-0.2, 0) is 4.74 Å². The number of nitrogens with zero attached hydrogens (tertiary/aromatic N) is 1. The molecule has 2 unspecified atom stereocenters. The van der Waals surface area contributed by atoms with E-state index in [0.29, 0.717) is 12.0 Å². The van der Waals surface area contributed by atoms with Crippen LogP contribution in [0.5, 0.6) is 0 Å². The number of rotatable bonds is 2. The van der Waals surface area contributed by atoms with Gasteiger partial charge in [0.1, 0.15) is 6.23 Å². The van der Waals surface area contributed by atoms with Gasteiger partial charge in [-0.05, 0) is 47.1 Å². The fourth-order valence-electron chi connectivity index (χ4n) is 2.78. The van der Waals surface area contributed by atoms with E-state index in [1.54, 1.807) is 0 Å². The van der Waals surface area contributed by atoms with Crippen molar-refractivity contribution in [2.24, 2.45) is 5.92 Å². The molecule has 0 aromatic rings. The lowest BCUT2D eigenvalue weighted by Crippen LogP contribution is -2.49. The highest BCUT2D eigenvalue weighted by Crippen LogP contribution is 2.27. The van der Waals surface area contributed by atoms with Crippen LogP contribution in [-0.4, -0.2) is 42.4 Å². The summed E-state index contributed by atoms with van der Waals surface area (Å²) in [5.74, 6) is 0.665. The minimum absolute atomic E-state index is 0.158. The second kappa shape index (κ2) is 4.63. The lowest BCUT2D eigenvalue weighted by molar-refractivity contribution is 0.00902. The standard InChI is InChI=1S/C13H26N2O/c1-10(2)15-7-5-6-11(8-15)12-14-13(3,4)9-16-12/h10-12,14H,5-9H2,1-4H3. The Morgan fingerprint density at radius 1 is 1.38 bits per heavy atom. The summed E-state index contributed by atoms with van der Waals surface area (Å²) in [5, 5.41) is 3.61. The number of piperidine rings is 1. The SMILES string of the molecule is CC(C)N1CCCC(C2NC(C)(C)CO2)C1. The molecule has 3 heteroatoms. The van der Waals surface area contributed by atoms with Crippen LogP contribution in [0, 0.1) is 5.92 Å².